The van der Waals surface area contributed by atoms with E-state index in [-0.39, 0.29) is 35.6 Å². The van der Waals surface area contributed by atoms with Crippen molar-refractivity contribution < 1.29 is 32.6 Å². The lowest BCUT2D eigenvalue weighted by molar-refractivity contribution is -0.142. The molecule has 4 N–H and O–H groups in total. The number of anilines is 1. The third kappa shape index (κ3) is 8.33. The van der Waals surface area contributed by atoms with Crippen LogP contribution >= 0.6 is 0 Å². The Labute approximate surface area is 289 Å². The molecule has 262 valence electrons. The molecular formula is C34H45BN6O7S. The zero-order chi connectivity index (χ0) is 34.7. The zero-order valence-electron chi connectivity index (χ0n) is 27.7. The van der Waals surface area contributed by atoms with Crippen molar-refractivity contribution in [1.29, 1.82) is 0 Å². The number of nitrogens with zero attached hydrogens (tertiary/aromatic N) is 4. The molecule has 13 nitrogen and oxygen atoms in total. The van der Waals surface area contributed by atoms with Crippen LogP contribution in [0.5, 0.6) is 5.75 Å². The number of nitrogens with one attached hydrogen (secondary N) is 1. The van der Waals surface area contributed by atoms with Crippen LogP contribution in [0.2, 0.25) is 0 Å². The number of para-hydroxylation sites is 1. The summed E-state index contributed by atoms with van der Waals surface area (Å²) >= 11 is 0. The lowest BCUT2D eigenvalue weighted by Gasteiger charge is -2.40. The van der Waals surface area contributed by atoms with Gasteiger partial charge in [-0.2, -0.15) is 12.7 Å². The third-order valence-corrected chi connectivity index (χ3v) is 11.8. The van der Waals surface area contributed by atoms with Gasteiger partial charge in [0.1, 0.15) is 13.6 Å². The Bertz CT molecular complexity index is 1640. The van der Waals surface area contributed by atoms with Gasteiger partial charge in [-0.05, 0) is 80.0 Å². The predicted molar refractivity (Wildman–Crippen MR) is 185 cm³/mol. The Morgan fingerprint density at radius 1 is 0.918 bits per heavy atom. The molecule has 4 aliphatic heterocycles. The van der Waals surface area contributed by atoms with Crippen molar-refractivity contribution in [3.63, 3.8) is 0 Å². The average Bonchev–Trinajstić information content (AvgIpc) is 3.27. The van der Waals surface area contributed by atoms with Crippen LogP contribution in [0.4, 0.5) is 15.3 Å². The van der Waals surface area contributed by atoms with Crippen LogP contribution in [-0.4, -0.2) is 116 Å². The fraction of sp³-hybridized carbons (Fsp3) is 0.559. The molecule has 0 saturated carbocycles. The normalized spacial score (nSPS) is 21.1. The van der Waals surface area contributed by atoms with E-state index in [9.17, 15) is 27.9 Å². The van der Waals surface area contributed by atoms with Gasteiger partial charge in [-0.1, -0.05) is 35.8 Å². The van der Waals surface area contributed by atoms with Crippen molar-refractivity contribution >= 4 is 47.2 Å². The molecular weight excluding hydrogens is 647 g/mol. The van der Waals surface area contributed by atoms with Crippen molar-refractivity contribution in [3.8, 4) is 5.75 Å². The molecule has 2 aromatic carbocycles. The minimum atomic E-state index is -3.68. The van der Waals surface area contributed by atoms with Gasteiger partial charge in [0.15, 0.2) is 6.10 Å². The van der Waals surface area contributed by atoms with Crippen LogP contribution in [0.15, 0.2) is 42.5 Å². The fourth-order valence-corrected chi connectivity index (χ4v) is 8.54. The Balaban J connectivity index is 1.06. The maximum atomic E-state index is 13.9. The van der Waals surface area contributed by atoms with Crippen LogP contribution in [-0.2, 0) is 32.6 Å². The number of likely N-dealkylation sites (tertiary alicyclic amines) is 2. The number of carbonyl (C=O) groups excluding carboxylic acids is 3. The number of urea groups is 1. The highest BCUT2D eigenvalue weighted by atomic mass is 32.2. The molecule has 1 atom stereocenters. The second kappa shape index (κ2) is 15.0. The van der Waals surface area contributed by atoms with E-state index in [0.717, 1.165) is 43.4 Å². The van der Waals surface area contributed by atoms with Gasteiger partial charge in [-0.3, -0.25) is 4.79 Å². The van der Waals surface area contributed by atoms with Gasteiger partial charge in [0.25, 0.3) is 16.1 Å². The summed E-state index contributed by atoms with van der Waals surface area (Å²) in [7, 11) is 2.25. The van der Waals surface area contributed by atoms with Crippen LogP contribution < -0.4 is 15.9 Å². The number of nitrogens with two attached hydrogens (primary N) is 1. The van der Waals surface area contributed by atoms with E-state index < -0.39 is 22.4 Å². The molecule has 4 heterocycles. The van der Waals surface area contributed by atoms with Crippen molar-refractivity contribution in [1.82, 2.24) is 19.0 Å². The first-order valence-electron chi connectivity index (χ1n) is 17.2. The topological polar surface area (TPSA) is 166 Å². The lowest BCUT2D eigenvalue weighted by atomic mass is 9.79. The van der Waals surface area contributed by atoms with E-state index in [1.165, 1.54) is 10.4 Å². The molecule has 15 heteroatoms. The number of fused-ring (bicyclic) bond motifs is 1. The van der Waals surface area contributed by atoms with Crippen LogP contribution in [0, 0.1) is 11.8 Å². The number of hydrogen-bond donors (Lipinski definition) is 3. The Kier molecular flexibility index (Phi) is 10.7. The van der Waals surface area contributed by atoms with Gasteiger partial charge in [0, 0.05) is 64.0 Å². The van der Waals surface area contributed by atoms with Crippen LogP contribution in [0.1, 0.15) is 49.7 Å². The maximum absolute atomic E-state index is 13.9. The number of benzene rings is 2. The molecule has 6 rings (SSSR count). The van der Waals surface area contributed by atoms with Gasteiger partial charge >= 0.3 is 12.1 Å². The van der Waals surface area contributed by atoms with Gasteiger partial charge in [0.2, 0.25) is 0 Å². The number of hydrogen-bond acceptors (Lipinski definition) is 7. The first-order valence-corrected chi connectivity index (χ1v) is 18.7. The van der Waals surface area contributed by atoms with E-state index in [4.69, 9.17) is 17.7 Å². The number of carbonyl (C=O) groups is 3. The molecule has 0 bridgehead atoms. The summed E-state index contributed by atoms with van der Waals surface area (Å²) in [5, 5.41) is 18.3. The standard InChI is InChI=1S/C34H45BN6O7S/c35-28-21-23(5-6-30(28)42)22-31(32(43)38-14-7-24(8-15-38)25-9-18-40(19-10-25)49(36,46)47)48-34(45)39-16-12-27(13-17-39)41-20-11-26-3-1-2-4-29(26)37-33(41)44/h1-6,21,24-25,27,31,42H,7-20,22H2,(H,37,44)(H2,36,46,47)/t31-/m1/s1. The van der Waals surface area contributed by atoms with E-state index >= 15 is 0 Å². The Morgan fingerprint density at radius 2 is 1.55 bits per heavy atom. The Morgan fingerprint density at radius 3 is 2.20 bits per heavy atom. The van der Waals surface area contributed by atoms with E-state index in [2.05, 4.69) is 5.32 Å². The van der Waals surface area contributed by atoms with Crippen molar-refractivity contribution in [2.24, 2.45) is 17.0 Å². The summed E-state index contributed by atoms with van der Waals surface area (Å²) in [6.07, 6.45) is 3.41. The van der Waals surface area contributed by atoms with E-state index in [0.29, 0.717) is 76.1 Å². The monoisotopic (exact) mass is 692 g/mol. The predicted octanol–water partition coefficient (Wildman–Crippen LogP) is 1.94. The minimum absolute atomic E-state index is 0.0241. The van der Waals surface area contributed by atoms with Crippen molar-refractivity contribution in [3.05, 3.63) is 53.6 Å². The molecule has 3 saturated heterocycles. The largest absolute Gasteiger partial charge is 0.509 e. The second-order valence-corrected chi connectivity index (χ2v) is 15.2. The van der Waals surface area contributed by atoms with E-state index in [1.54, 1.807) is 21.9 Å². The summed E-state index contributed by atoms with van der Waals surface area (Å²) in [5.74, 6) is 0.386. The molecule has 0 aromatic heterocycles. The van der Waals surface area contributed by atoms with Gasteiger partial charge in [0.05, 0.1) is 0 Å². The molecule has 4 aliphatic rings. The maximum Gasteiger partial charge on any atom is 0.410 e. The smallest absolute Gasteiger partial charge is 0.410 e. The van der Waals surface area contributed by atoms with E-state index in [1.807, 2.05) is 29.2 Å². The molecule has 0 unspecified atom stereocenters. The van der Waals surface area contributed by atoms with Crippen LogP contribution in [0.3, 0.4) is 0 Å². The first-order chi connectivity index (χ1) is 23.5. The van der Waals surface area contributed by atoms with Gasteiger partial charge in [-0.25, -0.2) is 14.7 Å². The third-order valence-electron chi connectivity index (χ3n) is 10.7. The highest BCUT2D eigenvalue weighted by Gasteiger charge is 2.37. The number of phenolic OH excluding ortho intramolecular Hbond substituents is 1. The zero-order valence-corrected chi connectivity index (χ0v) is 28.5. The molecule has 0 spiro atoms. The van der Waals surface area contributed by atoms with Crippen LogP contribution in [0.25, 0.3) is 0 Å². The quantitative estimate of drug-likeness (QED) is 0.373. The molecule has 2 radical (unpaired) electrons. The average molecular weight is 693 g/mol. The molecule has 4 amide bonds. The summed E-state index contributed by atoms with van der Waals surface area (Å²) in [4.78, 5) is 45.7. The summed E-state index contributed by atoms with van der Waals surface area (Å²) in [6.45, 7) is 3.22. The number of rotatable bonds is 7. The van der Waals surface area contributed by atoms with Gasteiger partial charge in [-0.15, -0.1) is 0 Å². The first kappa shape index (κ1) is 35.0. The van der Waals surface area contributed by atoms with Crippen molar-refractivity contribution in [2.75, 3.05) is 51.1 Å². The summed E-state index contributed by atoms with van der Waals surface area (Å²) in [5.41, 5.74) is 2.76. The number of amides is 4. The van der Waals surface area contributed by atoms with Crippen molar-refractivity contribution in [2.45, 2.75) is 63.5 Å². The lowest BCUT2D eigenvalue weighted by Crippen LogP contribution is -2.52. The molecule has 2 aromatic rings. The molecule has 3 fully saturated rings. The number of phenols is 1. The summed E-state index contributed by atoms with van der Waals surface area (Å²) in [6, 6.07) is 12.3. The molecule has 49 heavy (non-hydrogen) atoms. The number of aromatic hydroxyl groups is 1. The summed E-state index contributed by atoms with van der Waals surface area (Å²) < 4.78 is 30.7. The number of ether oxygens (including phenoxy) is 1. The highest BCUT2D eigenvalue weighted by Crippen LogP contribution is 2.33. The Hall–Kier alpha value is -3.82. The van der Waals surface area contributed by atoms with Gasteiger partial charge < -0.3 is 29.9 Å². The highest BCUT2D eigenvalue weighted by molar-refractivity contribution is 7.86. The SMILES string of the molecule is [B]c1cc(C[C@@H](OC(=O)N2CCC(N3CCc4ccccc4NC3=O)CC2)C(=O)N2CCC(C3CCN(S(N)(=O)=O)CC3)CC2)ccc1O. The molecule has 0 aliphatic carbocycles. The number of piperidine rings is 3. The second-order valence-electron chi connectivity index (χ2n) is 13.7. The minimum Gasteiger partial charge on any atom is -0.509 e. The fourth-order valence-electron chi connectivity index (χ4n) is 7.82.